The van der Waals surface area contributed by atoms with Crippen LogP contribution in [-0.4, -0.2) is 57.1 Å². The lowest BCUT2D eigenvalue weighted by Crippen LogP contribution is -2.44. The molecule has 0 atom stereocenters. The van der Waals surface area contributed by atoms with Gasteiger partial charge in [-0.1, -0.05) is 42.5 Å². The Balaban J connectivity index is 1.18. The van der Waals surface area contributed by atoms with E-state index in [1.807, 2.05) is 6.07 Å². The normalized spacial score (nSPS) is 17.2. The van der Waals surface area contributed by atoms with E-state index in [1.165, 1.54) is 17.7 Å². The molecule has 2 aromatic carbocycles. The van der Waals surface area contributed by atoms with E-state index in [0.29, 0.717) is 25.3 Å². The van der Waals surface area contributed by atoms with Gasteiger partial charge in [0.15, 0.2) is 5.69 Å². The minimum Gasteiger partial charge on any atom is -0.348 e. The number of nitrogens with one attached hydrogen (secondary N) is 1. The highest BCUT2D eigenvalue weighted by molar-refractivity contribution is 5.98. The highest BCUT2D eigenvalue weighted by atomic mass is 19.1. The lowest BCUT2D eigenvalue weighted by Gasteiger charge is -2.32. The molecule has 0 spiro atoms. The van der Waals surface area contributed by atoms with Crippen molar-refractivity contribution < 1.29 is 14.0 Å². The predicted octanol–water partition coefficient (Wildman–Crippen LogP) is 3.46. The van der Waals surface area contributed by atoms with Crippen LogP contribution < -0.4 is 5.32 Å². The Morgan fingerprint density at radius 1 is 0.943 bits per heavy atom. The van der Waals surface area contributed by atoms with E-state index < -0.39 is 0 Å². The first-order valence-corrected chi connectivity index (χ1v) is 12.2. The zero-order chi connectivity index (χ0) is 24.2. The summed E-state index contributed by atoms with van der Waals surface area (Å²) in [6.45, 7) is 4.33. The Kier molecular flexibility index (Phi) is 6.90. The molecule has 1 N–H and O–H groups in total. The van der Waals surface area contributed by atoms with Crippen molar-refractivity contribution in [1.29, 1.82) is 0 Å². The van der Waals surface area contributed by atoms with Gasteiger partial charge >= 0.3 is 0 Å². The molecule has 2 aliphatic rings. The van der Waals surface area contributed by atoms with Gasteiger partial charge in [-0.3, -0.25) is 19.2 Å². The summed E-state index contributed by atoms with van der Waals surface area (Å²) in [5, 5.41) is 7.56. The molecule has 3 heterocycles. The number of rotatable bonds is 6. The number of carbonyl (C=O) groups is 2. The zero-order valence-electron chi connectivity index (χ0n) is 19.7. The molecule has 0 unspecified atom stereocenters. The van der Waals surface area contributed by atoms with Gasteiger partial charge in [-0.2, -0.15) is 5.10 Å². The highest BCUT2D eigenvalue weighted by Gasteiger charge is 2.28. The zero-order valence-corrected chi connectivity index (χ0v) is 19.7. The van der Waals surface area contributed by atoms with Crippen molar-refractivity contribution in [3.05, 3.63) is 89.0 Å². The summed E-state index contributed by atoms with van der Waals surface area (Å²) < 4.78 is 14.9. The fourth-order valence-corrected chi connectivity index (χ4v) is 4.84. The monoisotopic (exact) mass is 475 g/mol. The maximum absolute atomic E-state index is 13.2. The van der Waals surface area contributed by atoms with Gasteiger partial charge in [0.05, 0.1) is 0 Å². The Morgan fingerprint density at radius 2 is 1.66 bits per heavy atom. The van der Waals surface area contributed by atoms with Crippen molar-refractivity contribution in [2.75, 3.05) is 19.6 Å². The van der Waals surface area contributed by atoms with Crippen LogP contribution in [0.4, 0.5) is 4.39 Å². The molecule has 0 saturated carbocycles. The highest BCUT2D eigenvalue weighted by Crippen LogP contribution is 2.18. The molecule has 35 heavy (non-hydrogen) atoms. The number of nitrogens with zero attached hydrogens (tertiary/aromatic N) is 4. The molecule has 1 fully saturated rings. The number of amides is 2. The molecule has 3 aromatic rings. The fraction of sp³-hybridized carbons (Fsp3) is 0.370. The molecule has 0 bridgehead atoms. The van der Waals surface area contributed by atoms with Gasteiger partial charge in [0.1, 0.15) is 11.5 Å². The van der Waals surface area contributed by atoms with E-state index in [4.69, 9.17) is 0 Å². The van der Waals surface area contributed by atoms with E-state index in [0.717, 1.165) is 44.5 Å². The number of halogens is 1. The van der Waals surface area contributed by atoms with Gasteiger partial charge in [-0.25, -0.2) is 4.39 Å². The topological polar surface area (TPSA) is 70.5 Å². The summed E-state index contributed by atoms with van der Waals surface area (Å²) in [4.78, 5) is 30.3. The van der Waals surface area contributed by atoms with Crippen LogP contribution in [0.1, 0.15) is 51.4 Å². The van der Waals surface area contributed by atoms with Crippen LogP contribution >= 0.6 is 0 Å². The van der Waals surface area contributed by atoms with Crippen molar-refractivity contribution in [1.82, 2.24) is 24.9 Å². The largest absolute Gasteiger partial charge is 0.348 e. The minimum atomic E-state index is -0.299. The SMILES string of the molecule is O=C(NC1CCN(Cc2ccccc2)CC1)c1cc2n(n1)CCCN(Cc1ccc(F)cc1)C2=O. The number of carbonyl (C=O) groups excluding carboxylic acids is 2. The Morgan fingerprint density at radius 3 is 2.40 bits per heavy atom. The maximum atomic E-state index is 13.2. The van der Waals surface area contributed by atoms with E-state index in [-0.39, 0.29) is 29.4 Å². The number of aromatic nitrogens is 2. The standard InChI is InChI=1S/C27H30FN5O2/c28-22-9-7-21(8-10-22)19-32-13-4-14-33-25(27(32)35)17-24(30-33)26(34)29-23-11-15-31(16-12-23)18-20-5-2-1-3-6-20/h1-3,5-10,17,23H,4,11-16,18-19H2,(H,29,34). The third kappa shape index (κ3) is 5.59. The maximum Gasteiger partial charge on any atom is 0.272 e. The van der Waals surface area contributed by atoms with E-state index in [1.54, 1.807) is 27.8 Å². The lowest BCUT2D eigenvalue weighted by atomic mass is 10.0. The number of fused-ring (bicyclic) bond motifs is 1. The van der Waals surface area contributed by atoms with Crippen molar-refractivity contribution in [3.63, 3.8) is 0 Å². The van der Waals surface area contributed by atoms with Crippen molar-refractivity contribution in [3.8, 4) is 0 Å². The quantitative estimate of drug-likeness (QED) is 0.593. The average Bonchev–Trinajstić information content (AvgIpc) is 3.25. The van der Waals surface area contributed by atoms with Gasteiger partial charge in [0.25, 0.3) is 11.8 Å². The van der Waals surface area contributed by atoms with Gasteiger partial charge in [-0.05, 0) is 42.5 Å². The number of hydrogen-bond donors (Lipinski definition) is 1. The molecular weight excluding hydrogens is 445 g/mol. The number of benzene rings is 2. The summed E-state index contributed by atoms with van der Waals surface area (Å²) in [6.07, 6.45) is 2.51. The van der Waals surface area contributed by atoms with Crippen LogP contribution in [0.2, 0.25) is 0 Å². The van der Waals surface area contributed by atoms with E-state index in [2.05, 4.69) is 39.6 Å². The molecule has 8 heteroatoms. The predicted molar refractivity (Wildman–Crippen MR) is 130 cm³/mol. The van der Waals surface area contributed by atoms with Crippen molar-refractivity contribution in [2.45, 2.75) is 44.9 Å². The van der Waals surface area contributed by atoms with Gasteiger partial charge in [0.2, 0.25) is 0 Å². The van der Waals surface area contributed by atoms with Gasteiger partial charge in [-0.15, -0.1) is 0 Å². The third-order valence-electron chi connectivity index (χ3n) is 6.78. The molecule has 7 nitrogen and oxygen atoms in total. The summed E-state index contributed by atoms with van der Waals surface area (Å²) in [5.74, 6) is -0.691. The molecule has 182 valence electrons. The summed E-state index contributed by atoms with van der Waals surface area (Å²) in [7, 11) is 0. The molecular formula is C27H30FN5O2. The van der Waals surface area contributed by atoms with E-state index in [9.17, 15) is 14.0 Å². The molecule has 1 saturated heterocycles. The number of piperidine rings is 1. The smallest absolute Gasteiger partial charge is 0.272 e. The summed E-state index contributed by atoms with van der Waals surface area (Å²) in [5.41, 5.74) is 2.87. The summed E-state index contributed by atoms with van der Waals surface area (Å²) in [6, 6.07) is 18.3. The molecule has 0 radical (unpaired) electrons. The molecule has 5 rings (SSSR count). The van der Waals surface area contributed by atoms with Crippen LogP contribution in [0.25, 0.3) is 0 Å². The van der Waals surface area contributed by atoms with E-state index >= 15 is 0 Å². The molecule has 0 aliphatic carbocycles. The summed E-state index contributed by atoms with van der Waals surface area (Å²) >= 11 is 0. The number of aryl methyl sites for hydroxylation is 1. The molecule has 2 aliphatic heterocycles. The second kappa shape index (κ2) is 10.4. The second-order valence-corrected chi connectivity index (χ2v) is 9.35. The Labute approximate surface area is 204 Å². The third-order valence-corrected chi connectivity index (χ3v) is 6.78. The van der Waals surface area contributed by atoms with Crippen molar-refractivity contribution in [2.24, 2.45) is 0 Å². The van der Waals surface area contributed by atoms with Crippen LogP contribution in [-0.2, 0) is 19.6 Å². The molecule has 1 aromatic heterocycles. The lowest BCUT2D eigenvalue weighted by molar-refractivity contribution is 0.0745. The average molecular weight is 476 g/mol. The first-order valence-electron chi connectivity index (χ1n) is 12.2. The number of hydrogen-bond acceptors (Lipinski definition) is 4. The Hall–Kier alpha value is -3.52. The van der Waals surface area contributed by atoms with Crippen molar-refractivity contribution >= 4 is 11.8 Å². The van der Waals surface area contributed by atoms with Crippen LogP contribution in [0.5, 0.6) is 0 Å². The van der Waals surface area contributed by atoms with Gasteiger partial charge < -0.3 is 10.2 Å². The second-order valence-electron chi connectivity index (χ2n) is 9.35. The number of likely N-dealkylation sites (tertiary alicyclic amines) is 1. The van der Waals surface area contributed by atoms with Crippen LogP contribution in [0.3, 0.4) is 0 Å². The van der Waals surface area contributed by atoms with Crippen LogP contribution in [0, 0.1) is 5.82 Å². The first-order chi connectivity index (χ1) is 17.0. The molecule has 2 amide bonds. The Bertz CT molecular complexity index is 1170. The van der Waals surface area contributed by atoms with Crippen LogP contribution in [0.15, 0.2) is 60.7 Å². The fourth-order valence-electron chi connectivity index (χ4n) is 4.84. The van der Waals surface area contributed by atoms with Gasteiger partial charge in [0, 0.05) is 51.4 Å². The first kappa shape index (κ1) is 23.2. The minimum absolute atomic E-state index is 0.0988.